The Labute approximate surface area is 191 Å². The van der Waals surface area contributed by atoms with Crippen molar-refractivity contribution in [2.24, 2.45) is 0 Å². The lowest BCUT2D eigenvalue weighted by Crippen LogP contribution is -2.52. The normalized spacial score (nSPS) is 15.2. The van der Waals surface area contributed by atoms with E-state index in [0.29, 0.717) is 32.7 Å². The third-order valence-corrected chi connectivity index (χ3v) is 5.81. The lowest BCUT2D eigenvalue weighted by atomic mass is 10.0. The molecule has 7 heteroatoms. The predicted molar refractivity (Wildman–Crippen MR) is 121 cm³/mol. The van der Waals surface area contributed by atoms with Crippen molar-refractivity contribution in [3.8, 4) is 0 Å². The fourth-order valence-electron chi connectivity index (χ4n) is 4.04. The van der Waals surface area contributed by atoms with Gasteiger partial charge in [0.25, 0.3) is 5.91 Å². The molecule has 1 saturated heterocycles. The minimum Gasteiger partial charge on any atom is -0.350 e. The Morgan fingerprint density at radius 3 is 2.09 bits per heavy atom. The number of carbonyl (C=O) groups is 2. The minimum absolute atomic E-state index is 0.106. The molecule has 1 unspecified atom stereocenters. The van der Waals surface area contributed by atoms with Crippen LogP contribution in [-0.4, -0.2) is 47.8 Å². The molecule has 2 amide bonds. The Bertz CT molecular complexity index is 1100. The average molecular weight is 450 g/mol. The Morgan fingerprint density at radius 1 is 0.818 bits per heavy atom. The van der Waals surface area contributed by atoms with Crippen molar-refractivity contribution in [2.45, 2.75) is 12.6 Å². The highest BCUT2D eigenvalue weighted by atomic mass is 19.2. The molecule has 170 valence electrons. The zero-order chi connectivity index (χ0) is 23.2. The van der Waals surface area contributed by atoms with E-state index < -0.39 is 17.7 Å². The van der Waals surface area contributed by atoms with Gasteiger partial charge in [0.05, 0.1) is 0 Å². The van der Waals surface area contributed by atoms with E-state index in [0.717, 1.165) is 23.3 Å². The quantitative estimate of drug-likeness (QED) is 0.623. The van der Waals surface area contributed by atoms with Crippen LogP contribution in [0.2, 0.25) is 0 Å². The van der Waals surface area contributed by atoms with Gasteiger partial charge in [0.1, 0.15) is 6.04 Å². The first-order valence-corrected chi connectivity index (χ1v) is 10.9. The Hall–Kier alpha value is -3.58. The van der Waals surface area contributed by atoms with Crippen LogP contribution in [0.3, 0.4) is 0 Å². The summed E-state index contributed by atoms with van der Waals surface area (Å²) in [6.45, 7) is 2.15. The number of hydrogen-bond donors (Lipinski definition) is 1. The van der Waals surface area contributed by atoms with E-state index in [-0.39, 0.29) is 17.4 Å². The molecule has 5 nitrogen and oxygen atoms in total. The predicted octanol–water partition coefficient (Wildman–Crippen LogP) is 3.78. The molecule has 1 N–H and O–H groups in total. The molecule has 0 bridgehead atoms. The fourth-order valence-corrected chi connectivity index (χ4v) is 4.04. The monoisotopic (exact) mass is 449 g/mol. The Balaban J connectivity index is 1.44. The summed E-state index contributed by atoms with van der Waals surface area (Å²) >= 11 is 0. The molecule has 0 aromatic heterocycles. The number of amides is 2. The molecule has 0 saturated carbocycles. The highest BCUT2D eigenvalue weighted by Crippen LogP contribution is 2.23. The van der Waals surface area contributed by atoms with Gasteiger partial charge in [-0.1, -0.05) is 60.7 Å². The zero-order valence-corrected chi connectivity index (χ0v) is 18.1. The topological polar surface area (TPSA) is 52.7 Å². The fraction of sp³-hybridized carbons (Fsp3) is 0.231. The molecular weight excluding hydrogens is 424 g/mol. The van der Waals surface area contributed by atoms with Crippen LogP contribution >= 0.6 is 0 Å². The third-order valence-electron chi connectivity index (χ3n) is 5.81. The van der Waals surface area contributed by atoms with Gasteiger partial charge in [0.2, 0.25) is 5.91 Å². The number of rotatable bonds is 6. The van der Waals surface area contributed by atoms with Gasteiger partial charge >= 0.3 is 0 Å². The van der Waals surface area contributed by atoms with Crippen LogP contribution in [0.5, 0.6) is 0 Å². The van der Waals surface area contributed by atoms with Crippen LogP contribution in [0.25, 0.3) is 0 Å². The van der Waals surface area contributed by atoms with E-state index in [1.54, 1.807) is 4.90 Å². The molecule has 1 aliphatic rings. The number of halogens is 2. The standard InChI is InChI=1S/C26H25F2N3O2/c27-22-12-11-21(17-23(22)28)26(33)31-15-13-30(14-16-31)24(20-9-5-2-6-10-20)25(32)29-18-19-7-3-1-4-8-19/h1-12,17,24H,13-16,18H2,(H,29,32). The van der Waals surface area contributed by atoms with Gasteiger partial charge in [-0.25, -0.2) is 8.78 Å². The molecule has 0 aliphatic carbocycles. The average Bonchev–Trinajstić information content (AvgIpc) is 2.86. The summed E-state index contributed by atoms with van der Waals surface area (Å²) in [7, 11) is 0. The first-order chi connectivity index (χ1) is 16.0. The smallest absolute Gasteiger partial charge is 0.254 e. The van der Waals surface area contributed by atoms with Crippen LogP contribution in [0.4, 0.5) is 8.78 Å². The van der Waals surface area contributed by atoms with Gasteiger partial charge in [0.15, 0.2) is 11.6 Å². The van der Waals surface area contributed by atoms with Crippen molar-refractivity contribution < 1.29 is 18.4 Å². The second-order valence-electron chi connectivity index (χ2n) is 7.97. The van der Waals surface area contributed by atoms with E-state index >= 15 is 0 Å². The number of nitrogens with one attached hydrogen (secondary N) is 1. The SMILES string of the molecule is O=C(NCc1ccccc1)C(c1ccccc1)N1CCN(C(=O)c2ccc(F)c(F)c2)CC1. The van der Waals surface area contributed by atoms with Crippen LogP contribution in [0.15, 0.2) is 78.9 Å². The van der Waals surface area contributed by atoms with E-state index in [9.17, 15) is 18.4 Å². The van der Waals surface area contributed by atoms with E-state index in [1.807, 2.05) is 65.6 Å². The van der Waals surface area contributed by atoms with E-state index in [4.69, 9.17) is 0 Å². The molecule has 1 fully saturated rings. The third kappa shape index (κ3) is 5.43. The maximum absolute atomic E-state index is 13.5. The van der Waals surface area contributed by atoms with Gasteiger partial charge in [-0.05, 0) is 29.3 Å². The summed E-state index contributed by atoms with van der Waals surface area (Å²) < 4.78 is 26.8. The zero-order valence-electron chi connectivity index (χ0n) is 18.1. The van der Waals surface area contributed by atoms with Gasteiger partial charge in [-0.2, -0.15) is 0 Å². The highest BCUT2D eigenvalue weighted by Gasteiger charge is 2.32. The van der Waals surface area contributed by atoms with Crippen molar-refractivity contribution in [1.29, 1.82) is 0 Å². The van der Waals surface area contributed by atoms with Crippen LogP contribution in [0, 0.1) is 11.6 Å². The summed E-state index contributed by atoms with van der Waals surface area (Å²) in [4.78, 5) is 29.6. The molecule has 4 rings (SSSR count). The number of benzene rings is 3. The van der Waals surface area contributed by atoms with Crippen molar-refractivity contribution in [2.75, 3.05) is 26.2 Å². The number of piperazine rings is 1. The van der Waals surface area contributed by atoms with Crippen molar-refractivity contribution >= 4 is 11.8 Å². The van der Waals surface area contributed by atoms with Gasteiger partial charge in [-0.3, -0.25) is 14.5 Å². The first kappa shape index (κ1) is 22.6. The van der Waals surface area contributed by atoms with Crippen molar-refractivity contribution in [3.63, 3.8) is 0 Å². The summed E-state index contributed by atoms with van der Waals surface area (Å²) in [5, 5.41) is 3.03. The van der Waals surface area contributed by atoms with Crippen molar-refractivity contribution in [1.82, 2.24) is 15.1 Å². The summed E-state index contributed by atoms with van der Waals surface area (Å²) in [6, 6.07) is 21.9. The van der Waals surface area contributed by atoms with Gasteiger partial charge in [-0.15, -0.1) is 0 Å². The second-order valence-corrected chi connectivity index (χ2v) is 7.97. The number of nitrogens with zero attached hydrogens (tertiary/aromatic N) is 2. The summed E-state index contributed by atoms with van der Waals surface area (Å²) in [5.74, 6) is -2.48. The van der Waals surface area contributed by atoms with Gasteiger partial charge < -0.3 is 10.2 Å². The molecule has 1 atom stereocenters. The van der Waals surface area contributed by atoms with Gasteiger partial charge in [0, 0.05) is 38.3 Å². The van der Waals surface area contributed by atoms with Crippen LogP contribution in [-0.2, 0) is 11.3 Å². The molecular formula is C26H25F2N3O2. The Kier molecular flexibility index (Phi) is 7.10. The molecule has 1 heterocycles. The first-order valence-electron chi connectivity index (χ1n) is 10.9. The highest BCUT2D eigenvalue weighted by molar-refractivity contribution is 5.94. The lowest BCUT2D eigenvalue weighted by Gasteiger charge is -2.38. The molecule has 33 heavy (non-hydrogen) atoms. The number of carbonyl (C=O) groups excluding carboxylic acids is 2. The van der Waals surface area contributed by atoms with Crippen molar-refractivity contribution in [3.05, 3.63) is 107 Å². The molecule has 0 radical (unpaired) electrons. The van der Waals surface area contributed by atoms with Crippen LogP contribution in [0.1, 0.15) is 27.5 Å². The molecule has 0 spiro atoms. The summed E-state index contributed by atoms with van der Waals surface area (Å²) in [5.41, 5.74) is 2.01. The largest absolute Gasteiger partial charge is 0.350 e. The van der Waals surface area contributed by atoms with Crippen LogP contribution < -0.4 is 5.32 Å². The maximum Gasteiger partial charge on any atom is 0.254 e. The van der Waals surface area contributed by atoms with E-state index in [2.05, 4.69) is 5.32 Å². The molecule has 3 aromatic rings. The maximum atomic E-state index is 13.5. The second kappa shape index (κ2) is 10.4. The number of hydrogen-bond acceptors (Lipinski definition) is 3. The molecule has 3 aromatic carbocycles. The lowest BCUT2D eigenvalue weighted by molar-refractivity contribution is -0.127. The van der Waals surface area contributed by atoms with E-state index in [1.165, 1.54) is 6.07 Å². The molecule has 1 aliphatic heterocycles. The minimum atomic E-state index is -1.04. The Morgan fingerprint density at radius 2 is 1.45 bits per heavy atom. The summed E-state index contributed by atoms with van der Waals surface area (Å²) in [6.07, 6.45) is 0.